The third kappa shape index (κ3) is 7.32. The zero-order valence-electron chi connectivity index (χ0n) is 41.9. The van der Waals surface area contributed by atoms with E-state index in [2.05, 4.69) is 220 Å². The Hall–Kier alpha value is -9.78. The van der Waals surface area contributed by atoms with Crippen molar-refractivity contribution in [3.63, 3.8) is 0 Å². The Kier molecular flexibility index (Phi) is 10.6. The molecule has 0 fully saturated rings. The number of rotatable bonds is 8. The van der Waals surface area contributed by atoms with Gasteiger partial charge >= 0.3 is 0 Å². The zero-order chi connectivity index (χ0) is 50.8. The van der Waals surface area contributed by atoms with Gasteiger partial charge in [-0.2, -0.15) is 0 Å². The molecule has 12 aromatic rings. The summed E-state index contributed by atoms with van der Waals surface area (Å²) in [7, 11) is 0. The Morgan fingerprint density at radius 3 is 0.987 bits per heavy atom. The first-order valence-electron chi connectivity index (χ1n) is 25.9. The van der Waals surface area contributed by atoms with Crippen molar-refractivity contribution in [1.82, 2.24) is 29.9 Å². The van der Waals surface area contributed by atoms with Crippen LogP contribution in [-0.4, -0.2) is 29.9 Å². The third-order valence-corrected chi connectivity index (χ3v) is 15.5. The van der Waals surface area contributed by atoms with Gasteiger partial charge in [0.05, 0.1) is 5.41 Å². The molecular weight excluding hydrogens is 925 g/mol. The predicted molar refractivity (Wildman–Crippen MR) is 306 cm³/mol. The Balaban J connectivity index is 1.01. The fraction of sp³-hybridized carbons (Fsp3) is 0.0571. The van der Waals surface area contributed by atoms with E-state index in [4.69, 9.17) is 29.9 Å². The molecule has 0 radical (unpaired) electrons. The van der Waals surface area contributed by atoms with E-state index in [-0.39, 0.29) is 5.41 Å². The minimum Gasteiger partial charge on any atom is -0.208 e. The molecule has 6 heteroatoms. The molecule has 0 atom stereocenters. The van der Waals surface area contributed by atoms with Crippen molar-refractivity contribution in [1.29, 1.82) is 0 Å². The van der Waals surface area contributed by atoms with Crippen LogP contribution in [0.25, 0.3) is 102 Å². The molecule has 0 aliphatic heterocycles. The number of aromatic nitrogens is 6. The largest absolute Gasteiger partial charge is 0.208 e. The van der Waals surface area contributed by atoms with E-state index < -0.39 is 5.41 Å². The molecule has 0 bridgehead atoms. The minimum absolute atomic E-state index is 0.267. The van der Waals surface area contributed by atoms with Gasteiger partial charge in [-0.05, 0) is 72.8 Å². The summed E-state index contributed by atoms with van der Waals surface area (Å²) in [6, 6.07) is 89.8. The molecule has 0 unspecified atom stereocenters. The molecule has 1 spiro atoms. The van der Waals surface area contributed by atoms with Gasteiger partial charge in [0.25, 0.3) is 0 Å². The maximum Gasteiger partial charge on any atom is 0.164 e. The molecule has 76 heavy (non-hydrogen) atoms. The topological polar surface area (TPSA) is 77.3 Å². The molecule has 14 rings (SSSR count). The van der Waals surface area contributed by atoms with Crippen molar-refractivity contribution < 1.29 is 0 Å². The third-order valence-electron chi connectivity index (χ3n) is 15.5. The Labute approximate surface area is 442 Å². The molecule has 0 N–H and O–H groups in total. The van der Waals surface area contributed by atoms with Crippen LogP contribution in [0.3, 0.4) is 0 Å². The van der Waals surface area contributed by atoms with Crippen molar-refractivity contribution in [2.75, 3.05) is 0 Å². The molecule has 2 aliphatic rings. The van der Waals surface area contributed by atoms with Crippen LogP contribution >= 0.6 is 0 Å². The maximum atomic E-state index is 5.44. The fourth-order valence-electron chi connectivity index (χ4n) is 11.9. The van der Waals surface area contributed by atoms with Gasteiger partial charge in [-0.1, -0.05) is 263 Å². The second-order valence-corrected chi connectivity index (χ2v) is 20.2. The predicted octanol–water partition coefficient (Wildman–Crippen LogP) is 16.4. The summed E-state index contributed by atoms with van der Waals surface area (Å²) < 4.78 is 0. The standard InChI is InChI=1S/C70H48N6/c1-69(2)57-29-15-17-31-59(57)70(60-32-18-16-30-58(60)69)56-43-42-53(67-73-63(49-24-11-5-12-25-49)71-65(74-67)51-38-34-47(35-39-51)45-20-7-3-8-21-45)44-55(56)62-54(28-19-33-61(62)70)68-75-64(50-26-13-6-14-27-50)72-66(76-68)52-40-36-48(37-41-52)46-22-9-4-10-23-46/h3-44H,1-2H3. The molecule has 10 aromatic carbocycles. The molecule has 2 aromatic heterocycles. The van der Waals surface area contributed by atoms with Crippen LogP contribution in [0, 0.1) is 0 Å². The average Bonchev–Trinajstić information content (AvgIpc) is 3.99. The molecule has 2 aliphatic carbocycles. The van der Waals surface area contributed by atoms with Crippen LogP contribution in [0.15, 0.2) is 255 Å². The first kappa shape index (κ1) is 44.9. The number of benzene rings is 10. The Morgan fingerprint density at radius 2 is 0.539 bits per heavy atom. The van der Waals surface area contributed by atoms with Crippen LogP contribution < -0.4 is 0 Å². The molecule has 358 valence electrons. The first-order valence-corrected chi connectivity index (χ1v) is 25.9. The summed E-state index contributed by atoms with van der Waals surface area (Å²) >= 11 is 0. The smallest absolute Gasteiger partial charge is 0.164 e. The summed E-state index contributed by atoms with van der Waals surface area (Å²) in [5.41, 5.74) is 18.6. The number of fused-ring (bicyclic) bond motifs is 9. The van der Waals surface area contributed by atoms with Crippen molar-refractivity contribution in [2.45, 2.75) is 24.7 Å². The fourth-order valence-corrected chi connectivity index (χ4v) is 11.9. The molecular formula is C70H48N6. The van der Waals surface area contributed by atoms with Crippen molar-refractivity contribution in [2.24, 2.45) is 0 Å². The number of nitrogens with zero attached hydrogens (tertiary/aromatic N) is 6. The number of hydrogen-bond acceptors (Lipinski definition) is 6. The van der Waals surface area contributed by atoms with Gasteiger partial charge in [0.2, 0.25) is 0 Å². The lowest BCUT2D eigenvalue weighted by atomic mass is 9.55. The van der Waals surface area contributed by atoms with E-state index in [0.717, 1.165) is 66.8 Å². The quantitative estimate of drug-likeness (QED) is 0.151. The summed E-state index contributed by atoms with van der Waals surface area (Å²) in [4.78, 5) is 31.8. The lowest BCUT2D eigenvalue weighted by Gasteiger charge is -2.46. The molecule has 0 saturated carbocycles. The second kappa shape index (κ2) is 18.0. The Bertz CT molecular complexity index is 4110. The summed E-state index contributed by atoms with van der Waals surface area (Å²) in [6.45, 7) is 4.71. The number of hydrogen-bond donors (Lipinski definition) is 0. The minimum atomic E-state index is -0.687. The van der Waals surface area contributed by atoms with E-state index in [0.29, 0.717) is 34.9 Å². The van der Waals surface area contributed by atoms with Gasteiger partial charge in [-0.3, -0.25) is 0 Å². The van der Waals surface area contributed by atoms with Gasteiger partial charge in [0.15, 0.2) is 34.9 Å². The summed E-state index contributed by atoms with van der Waals surface area (Å²) in [5, 5.41) is 0. The molecule has 6 nitrogen and oxygen atoms in total. The van der Waals surface area contributed by atoms with Gasteiger partial charge in [0.1, 0.15) is 0 Å². The van der Waals surface area contributed by atoms with Crippen molar-refractivity contribution >= 4 is 0 Å². The van der Waals surface area contributed by atoms with Gasteiger partial charge in [-0.15, -0.1) is 0 Å². The molecule has 0 saturated heterocycles. The van der Waals surface area contributed by atoms with E-state index in [1.54, 1.807) is 0 Å². The van der Waals surface area contributed by atoms with Gasteiger partial charge < -0.3 is 0 Å². The highest BCUT2D eigenvalue weighted by Crippen LogP contribution is 2.63. The monoisotopic (exact) mass is 972 g/mol. The van der Waals surface area contributed by atoms with E-state index in [1.807, 2.05) is 48.5 Å². The lowest BCUT2D eigenvalue weighted by molar-refractivity contribution is 0.563. The van der Waals surface area contributed by atoms with E-state index in [9.17, 15) is 0 Å². The van der Waals surface area contributed by atoms with E-state index in [1.165, 1.54) is 33.4 Å². The average molecular weight is 973 g/mol. The van der Waals surface area contributed by atoms with Gasteiger partial charge in [-0.25, -0.2) is 29.9 Å². The summed E-state index contributed by atoms with van der Waals surface area (Å²) in [6.07, 6.45) is 0. The van der Waals surface area contributed by atoms with Crippen LogP contribution in [0.1, 0.15) is 47.2 Å². The van der Waals surface area contributed by atoms with Crippen LogP contribution in [-0.2, 0) is 10.8 Å². The van der Waals surface area contributed by atoms with Gasteiger partial charge in [0, 0.05) is 38.8 Å². The lowest BCUT2D eigenvalue weighted by Crippen LogP contribution is -2.40. The first-order chi connectivity index (χ1) is 37.4. The highest BCUT2D eigenvalue weighted by Gasteiger charge is 2.54. The van der Waals surface area contributed by atoms with Crippen LogP contribution in [0.5, 0.6) is 0 Å². The van der Waals surface area contributed by atoms with Crippen LogP contribution in [0.4, 0.5) is 0 Å². The second-order valence-electron chi connectivity index (χ2n) is 20.2. The van der Waals surface area contributed by atoms with Crippen molar-refractivity contribution in [3.8, 4) is 102 Å². The SMILES string of the molecule is CC1(C)c2ccccc2C2(c3ccc(-c4nc(-c5ccccc5)nc(-c5ccc(-c6ccccc6)cc5)n4)cc3-c3c(-c4nc(-c5ccccc5)nc(-c5ccc(-c6ccccc6)cc5)n4)cccc32)c2ccccc21. The molecule has 0 amide bonds. The summed E-state index contributed by atoms with van der Waals surface area (Å²) in [5.74, 6) is 3.57. The maximum absolute atomic E-state index is 5.44. The normalized spacial score (nSPS) is 13.3. The van der Waals surface area contributed by atoms with Crippen molar-refractivity contribution in [3.05, 3.63) is 288 Å². The zero-order valence-corrected chi connectivity index (χ0v) is 41.9. The highest BCUT2D eigenvalue weighted by molar-refractivity contribution is 5.97. The highest BCUT2D eigenvalue weighted by atomic mass is 15.0. The van der Waals surface area contributed by atoms with E-state index >= 15 is 0 Å². The van der Waals surface area contributed by atoms with Crippen LogP contribution in [0.2, 0.25) is 0 Å². The molecule has 2 heterocycles. The Morgan fingerprint density at radius 1 is 0.224 bits per heavy atom.